The predicted molar refractivity (Wildman–Crippen MR) is 115 cm³/mol. The number of methoxy groups -OCH3 is 2. The highest BCUT2D eigenvalue weighted by molar-refractivity contribution is 6.05. The van der Waals surface area contributed by atoms with E-state index in [1.807, 2.05) is 32.0 Å². The van der Waals surface area contributed by atoms with Gasteiger partial charge in [0.15, 0.2) is 0 Å². The molecule has 0 aliphatic carbocycles. The third-order valence-electron chi connectivity index (χ3n) is 5.80. The molecule has 0 spiro atoms. The molecule has 1 heterocycles. The number of rotatable bonds is 3. The molecule has 152 valence electrons. The summed E-state index contributed by atoms with van der Waals surface area (Å²) in [6.45, 7) is 6.17. The molecule has 0 saturated heterocycles. The van der Waals surface area contributed by atoms with Crippen molar-refractivity contribution in [2.24, 2.45) is 0 Å². The quantitative estimate of drug-likeness (QED) is 0.594. The fourth-order valence-corrected chi connectivity index (χ4v) is 4.70. The zero-order valence-electron chi connectivity index (χ0n) is 17.5. The van der Waals surface area contributed by atoms with E-state index in [0.29, 0.717) is 6.42 Å². The van der Waals surface area contributed by atoms with E-state index in [1.165, 1.54) is 6.07 Å². The monoisotopic (exact) mass is 393 g/mol. The molecule has 1 aliphatic rings. The van der Waals surface area contributed by atoms with Crippen LogP contribution in [0.3, 0.4) is 0 Å². The van der Waals surface area contributed by atoms with E-state index in [-0.39, 0.29) is 23.6 Å². The molecule has 5 heteroatoms. The van der Waals surface area contributed by atoms with Gasteiger partial charge in [-0.2, -0.15) is 0 Å². The summed E-state index contributed by atoms with van der Waals surface area (Å²) in [6.07, 6.45) is 0.716. The van der Waals surface area contributed by atoms with Crippen LogP contribution in [0.25, 0.3) is 21.9 Å². The van der Waals surface area contributed by atoms with Crippen LogP contribution < -0.4 is 14.8 Å². The Morgan fingerprint density at radius 2 is 1.69 bits per heavy atom. The highest BCUT2D eigenvalue weighted by Crippen LogP contribution is 2.48. The van der Waals surface area contributed by atoms with Crippen LogP contribution in [-0.4, -0.2) is 30.5 Å². The van der Waals surface area contributed by atoms with E-state index in [1.54, 1.807) is 14.2 Å². The Kier molecular flexibility index (Phi) is 4.79. The first-order valence-electron chi connectivity index (χ1n) is 9.85. The van der Waals surface area contributed by atoms with Crippen molar-refractivity contribution >= 4 is 10.8 Å². The summed E-state index contributed by atoms with van der Waals surface area (Å²) in [5.41, 5.74) is 4.54. The van der Waals surface area contributed by atoms with Crippen LogP contribution in [0.15, 0.2) is 30.3 Å². The Morgan fingerprint density at radius 1 is 0.966 bits per heavy atom. The summed E-state index contributed by atoms with van der Waals surface area (Å²) in [6, 6.07) is 9.63. The normalized spacial score (nSPS) is 18.5. The molecule has 3 aromatic rings. The third-order valence-corrected chi connectivity index (χ3v) is 5.80. The van der Waals surface area contributed by atoms with E-state index < -0.39 is 0 Å². The zero-order chi connectivity index (χ0) is 20.9. The minimum Gasteiger partial charge on any atom is -0.507 e. The van der Waals surface area contributed by atoms with Crippen molar-refractivity contribution in [1.82, 2.24) is 5.32 Å². The molecule has 29 heavy (non-hydrogen) atoms. The van der Waals surface area contributed by atoms with Crippen LogP contribution in [0.2, 0.25) is 0 Å². The van der Waals surface area contributed by atoms with Crippen LogP contribution >= 0.6 is 0 Å². The fourth-order valence-electron chi connectivity index (χ4n) is 4.70. The molecule has 5 nitrogen and oxygen atoms in total. The van der Waals surface area contributed by atoms with Crippen LogP contribution in [0.4, 0.5) is 0 Å². The number of ether oxygens (including phenoxy) is 2. The lowest BCUT2D eigenvalue weighted by Gasteiger charge is -2.32. The molecule has 0 bridgehead atoms. The lowest BCUT2D eigenvalue weighted by Crippen LogP contribution is -2.36. The molecule has 3 N–H and O–H groups in total. The second kappa shape index (κ2) is 7.16. The molecule has 1 aliphatic heterocycles. The number of aryl methyl sites for hydroxylation is 1. The summed E-state index contributed by atoms with van der Waals surface area (Å²) in [5.74, 6) is 1.65. The molecule has 0 amide bonds. The van der Waals surface area contributed by atoms with Gasteiger partial charge in [0.2, 0.25) is 0 Å². The number of hydrogen-bond donors (Lipinski definition) is 3. The van der Waals surface area contributed by atoms with Crippen LogP contribution in [0, 0.1) is 6.92 Å². The first-order chi connectivity index (χ1) is 13.8. The van der Waals surface area contributed by atoms with Gasteiger partial charge in [0, 0.05) is 29.3 Å². The highest BCUT2D eigenvalue weighted by Gasteiger charge is 2.29. The Balaban J connectivity index is 2.12. The van der Waals surface area contributed by atoms with Crippen molar-refractivity contribution in [2.75, 3.05) is 14.2 Å². The van der Waals surface area contributed by atoms with Crippen LogP contribution in [0.1, 0.15) is 36.6 Å². The molecule has 0 fully saturated rings. The molecule has 4 rings (SSSR count). The lowest BCUT2D eigenvalue weighted by molar-refractivity contribution is 0.401. The molecule has 0 saturated carbocycles. The second-order valence-electron chi connectivity index (χ2n) is 7.88. The minimum absolute atomic E-state index is 0.00566. The molecule has 0 aromatic heterocycles. The standard InChI is InChI=1S/C24H27NO4/c1-12-8-16-15(6-7-20(28-4)24(16)21(9-12)29-5)23-17-10-13(2)25-14(3)22(17)18(26)11-19(23)27/h6-9,11,13-14,25-27H,10H2,1-5H3/t13-,14-/m1/s1. The second-order valence-corrected chi connectivity index (χ2v) is 7.88. The maximum Gasteiger partial charge on any atom is 0.130 e. The number of aromatic hydroxyl groups is 2. The molecular formula is C24H27NO4. The van der Waals surface area contributed by atoms with Gasteiger partial charge >= 0.3 is 0 Å². The minimum atomic E-state index is -0.00566. The summed E-state index contributed by atoms with van der Waals surface area (Å²) in [7, 11) is 3.29. The summed E-state index contributed by atoms with van der Waals surface area (Å²) < 4.78 is 11.2. The van der Waals surface area contributed by atoms with E-state index in [4.69, 9.17) is 9.47 Å². The first-order valence-corrected chi connectivity index (χ1v) is 9.85. The van der Waals surface area contributed by atoms with E-state index in [0.717, 1.165) is 50.1 Å². The van der Waals surface area contributed by atoms with Gasteiger partial charge in [-0.25, -0.2) is 0 Å². The molecule has 2 atom stereocenters. The van der Waals surface area contributed by atoms with Gasteiger partial charge < -0.3 is 25.0 Å². The maximum atomic E-state index is 10.9. The van der Waals surface area contributed by atoms with Crippen molar-refractivity contribution in [3.05, 3.63) is 47.0 Å². The SMILES string of the molecule is COc1ccc(-c2c(O)cc(O)c3c2C[C@@H](C)N[C@@H]3C)c2cc(C)cc(OC)c12. The smallest absolute Gasteiger partial charge is 0.130 e. The van der Waals surface area contributed by atoms with Crippen molar-refractivity contribution < 1.29 is 19.7 Å². The number of hydrogen-bond acceptors (Lipinski definition) is 5. The van der Waals surface area contributed by atoms with Crippen molar-refractivity contribution in [1.29, 1.82) is 0 Å². The van der Waals surface area contributed by atoms with Gasteiger partial charge in [-0.15, -0.1) is 0 Å². The number of phenols is 2. The number of nitrogens with one attached hydrogen (secondary N) is 1. The van der Waals surface area contributed by atoms with Crippen molar-refractivity contribution in [3.63, 3.8) is 0 Å². The Morgan fingerprint density at radius 3 is 2.38 bits per heavy atom. The van der Waals surface area contributed by atoms with E-state index >= 15 is 0 Å². The number of fused-ring (bicyclic) bond motifs is 2. The maximum absolute atomic E-state index is 10.9. The highest BCUT2D eigenvalue weighted by atomic mass is 16.5. The Labute approximate surface area is 170 Å². The van der Waals surface area contributed by atoms with Gasteiger partial charge in [0.05, 0.1) is 19.6 Å². The molecule has 0 unspecified atom stereocenters. The predicted octanol–water partition coefficient (Wildman–Crippen LogP) is 4.84. The Bertz CT molecular complexity index is 1110. The van der Waals surface area contributed by atoms with Crippen LogP contribution in [-0.2, 0) is 6.42 Å². The van der Waals surface area contributed by atoms with E-state index in [9.17, 15) is 10.2 Å². The van der Waals surface area contributed by atoms with Gasteiger partial charge in [-0.3, -0.25) is 0 Å². The van der Waals surface area contributed by atoms with E-state index in [2.05, 4.69) is 18.3 Å². The third kappa shape index (κ3) is 3.06. The summed E-state index contributed by atoms with van der Waals surface area (Å²) in [5, 5.41) is 26.8. The number of phenolic OH excluding ortho intramolecular Hbond substituents is 2. The van der Waals surface area contributed by atoms with Gasteiger partial charge in [-0.1, -0.05) is 6.07 Å². The van der Waals surface area contributed by atoms with Crippen molar-refractivity contribution in [2.45, 2.75) is 39.3 Å². The van der Waals surface area contributed by atoms with Gasteiger partial charge in [-0.05, 0) is 67.5 Å². The van der Waals surface area contributed by atoms with Crippen LogP contribution in [0.5, 0.6) is 23.0 Å². The van der Waals surface area contributed by atoms with Crippen molar-refractivity contribution in [3.8, 4) is 34.1 Å². The average molecular weight is 393 g/mol. The fraction of sp³-hybridized carbons (Fsp3) is 0.333. The molecule has 0 radical (unpaired) electrons. The topological polar surface area (TPSA) is 71.0 Å². The van der Waals surface area contributed by atoms with Gasteiger partial charge in [0.25, 0.3) is 0 Å². The summed E-state index contributed by atoms with van der Waals surface area (Å²) in [4.78, 5) is 0. The average Bonchev–Trinajstić information content (AvgIpc) is 2.66. The largest absolute Gasteiger partial charge is 0.507 e. The molecule has 3 aromatic carbocycles. The Hall–Kier alpha value is -2.92. The molecular weight excluding hydrogens is 366 g/mol. The number of benzene rings is 3. The summed E-state index contributed by atoms with van der Waals surface area (Å²) >= 11 is 0. The van der Waals surface area contributed by atoms with Gasteiger partial charge in [0.1, 0.15) is 23.0 Å². The lowest BCUT2D eigenvalue weighted by atomic mass is 9.83. The zero-order valence-corrected chi connectivity index (χ0v) is 17.5. The first kappa shape index (κ1) is 19.4.